The second-order valence-corrected chi connectivity index (χ2v) is 7.21. The molecule has 2 aromatic rings. The number of amides is 1. The van der Waals surface area contributed by atoms with Gasteiger partial charge < -0.3 is 15.8 Å². The third kappa shape index (κ3) is 4.32. The van der Waals surface area contributed by atoms with E-state index in [1.165, 1.54) is 11.1 Å². The third-order valence-corrected chi connectivity index (χ3v) is 5.42. The Kier molecular flexibility index (Phi) is 6.07. The van der Waals surface area contributed by atoms with Gasteiger partial charge in [0.2, 0.25) is 5.91 Å². The number of hydrogen-bond acceptors (Lipinski definition) is 3. The first-order chi connectivity index (χ1) is 12.6. The van der Waals surface area contributed by atoms with Crippen LogP contribution in [0.15, 0.2) is 54.6 Å². The van der Waals surface area contributed by atoms with Crippen LogP contribution in [0, 0.1) is 6.92 Å². The van der Waals surface area contributed by atoms with E-state index >= 15 is 0 Å². The van der Waals surface area contributed by atoms with Crippen LogP contribution in [0.25, 0.3) is 0 Å². The van der Waals surface area contributed by atoms with Crippen LogP contribution < -0.4 is 11.1 Å². The first kappa shape index (κ1) is 18.6. The Balaban J connectivity index is 1.67. The maximum Gasteiger partial charge on any atom is 0.221 e. The first-order valence-corrected chi connectivity index (χ1v) is 9.32. The van der Waals surface area contributed by atoms with Crippen LogP contribution in [0.5, 0.6) is 0 Å². The number of rotatable bonds is 6. The van der Waals surface area contributed by atoms with Crippen molar-refractivity contribution in [2.24, 2.45) is 5.73 Å². The molecule has 1 fully saturated rings. The molecule has 3 rings (SSSR count). The van der Waals surface area contributed by atoms with Gasteiger partial charge in [-0.15, -0.1) is 0 Å². The summed E-state index contributed by atoms with van der Waals surface area (Å²) in [6.45, 7) is 4.22. The minimum atomic E-state index is -0.277. The van der Waals surface area contributed by atoms with Gasteiger partial charge in [-0.3, -0.25) is 4.79 Å². The molecule has 2 aromatic carbocycles. The van der Waals surface area contributed by atoms with Crippen molar-refractivity contribution in [2.75, 3.05) is 19.8 Å². The molecule has 1 aliphatic heterocycles. The molecule has 4 heteroatoms. The van der Waals surface area contributed by atoms with Crippen LogP contribution in [-0.2, 0) is 14.9 Å². The summed E-state index contributed by atoms with van der Waals surface area (Å²) in [7, 11) is 0. The van der Waals surface area contributed by atoms with Crippen LogP contribution in [0.1, 0.15) is 42.0 Å². The van der Waals surface area contributed by atoms with Gasteiger partial charge in [0.1, 0.15) is 0 Å². The fourth-order valence-corrected chi connectivity index (χ4v) is 3.83. The van der Waals surface area contributed by atoms with E-state index in [0.29, 0.717) is 13.0 Å². The fraction of sp³-hybridized carbons (Fsp3) is 0.409. The van der Waals surface area contributed by atoms with Gasteiger partial charge in [0.25, 0.3) is 0 Å². The van der Waals surface area contributed by atoms with Gasteiger partial charge in [0.05, 0.1) is 0 Å². The zero-order valence-corrected chi connectivity index (χ0v) is 15.4. The van der Waals surface area contributed by atoms with Gasteiger partial charge in [0, 0.05) is 37.6 Å². The van der Waals surface area contributed by atoms with E-state index in [1.807, 2.05) is 30.3 Å². The molecule has 0 aromatic heterocycles. The second kappa shape index (κ2) is 8.47. The van der Waals surface area contributed by atoms with Gasteiger partial charge in [-0.2, -0.15) is 0 Å². The van der Waals surface area contributed by atoms with Crippen LogP contribution in [0.2, 0.25) is 0 Å². The molecule has 26 heavy (non-hydrogen) atoms. The molecule has 1 saturated heterocycles. The lowest BCUT2D eigenvalue weighted by molar-refractivity contribution is -0.122. The van der Waals surface area contributed by atoms with Gasteiger partial charge in [-0.05, 0) is 36.5 Å². The Hall–Kier alpha value is -2.17. The molecular weight excluding hydrogens is 324 g/mol. The molecule has 0 spiro atoms. The first-order valence-electron chi connectivity index (χ1n) is 9.32. The Morgan fingerprint density at radius 2 is 1.77 bits per heavy atom. The molecule has 3 N–H and O–H groups in total. The molecular formula is C22H28N2O2. The highest BCUT2D eigenvalue weighted by Crippen LogP contribution is 2.36. The zero-order chi connectivity index (χ0) is 18.4. The number of benzene rings is 2. The van der Waals surface area contributed by atoms with Crippen LogP contribution >= 0.6 is 0 Å². The topological polar surface area (TPSA) is 64.4 Å². The lowest BCUT2D eigenvalue weighted by atomic mass is 9.72. The van der Waals surface area contributed by atoms with Gasteiger partial charge in [-0.25, -0.2) is 0 Å². The molecule has 1 atom stereocenters. The largest absolute Gasteiger partial charge is 0.381 e. The minimum Gasteiger partial charge on any atom is -0.381 e. The van der Waals surface area contributed by atoms with E-state index in [2.05, 4.69) is 36.5 Å². The summed E-state index contributed by atoms with van der Waals surface area (Å²) in [6.07, 6.45) is 2.14. The Labute approximate surface area is 155 Å². The molecule has 0 bridgehead atoms. The SMILES string of the molecule is Cc1ccccc1C1(CNC(=O)CC(N)c2ccccc2)CCOCC1. The third-order valence-electron chi connectivity index (χ3n) is 5.42. The molecule has 138 valence electrons. The van der Waals surface area contributed by atoms with Crippen molar-refractivity contribution in [1.82, 2.24) is 5.32 Å². The Morgan fingerprint density at radius 3 is 2.46 bits per heavy atom. The number of nitrogens with two attached hydrogens (primary N) is 1. The standard InChI is InChI=1S/C22H28N2O2/c1-17-7-5-6-10-19(17)22(11-13-26-14-12-22)16-24-21(25)15-20(23)18-8-3-2-4-9-18/h2-10,20H,11-16,23H2,1H3,(H,24,25). The summed E-state index contributed by atoms with van der Waals surface area (Å²) in [5, 5.41) is 3.15. The highest BCUT2D eigenvalue weighted by Gasteiger charge is 2.35. The maximum absolute atomic E-state index is 12.5. The summed E-state index contributed by atoms with van der Waals surface area (Å²) in [4.78, 5) is 12.5. The monoisotopic (exact) mass is 352 g/mol. The number of nitrogens with one attached hydrogen (secondary N) is 1. The van der Waals surface area contributed by atoms with Gasteiger partial charge in [0.15, 0.2) is 0 Å². The molecule has 1 aliphatic rings. The van der Waals surface area contributed by atoms with Crippen molar-refractivity contribution in [3.63, 3.8) is 0 Å². The Morgan fingerprint density at radius 1 is 1.12 bits per heavy atom. The number of aryl methyl sites for hydroxylation is 1. The molecule has 0 radical (unpaired) electrons. The summed E-state index contributed by atoms with van der Waals surface area (Å²) >= 11 is 0. The molecule has 4 nitrogen and oxygen atoms in total. The van der Waals surface area contributed by atoms with Gasteiger partial charge in [-0.1, -0.05) is 54.6 Å². The second-order valence-electron chi connectivity index (χ2n) is 7.21. The quantitative estimate of drug-likeness (QED) is 0.839. The smallest absolute Gasteiger partial charge is 0.221 e. The summed E-state index contributed by atoms with van der Waals surface area (Å²) < 4.78 is 5.58. The van der Waals surface area contributed by atoms with Crippen molar-refractivity contribution < 1.29 is 9.53 Å². The van der Waals surface area contributed by atoms with E-state index in [9.17, 15) is 4.79 Å². The van der Waals surface area contributed by atoms with Gasteiger partial charge >= 0.3 is 0 Å². The average Bonchev–Trinajstić information content (AvgIpc) is 2.68. The van der Waals surface area contributed by atoms with Crippen molar-refractivity contribution >= 4 is 5.91 Å². The van der Waals surface area contributed by atoms with E-state index in [4.69, 9.17) is 10.5 Å². The lowest BCUT2D eigenvalue weighted by Gasteiger charge is -2.39. The van der Waals surface area contributed by atoms with Crippen LogP contribution in [-0.4, -0.2) is 25.7 Å². The molecule has 0 aliphatic carbocycles. The van der Waals surface area contributed by atoms with E-state index in [1.54, 1.807) is 0 Å². The lowest BCUT2D eigenvalue weighted by Crippen LogP contribution is -2.45. The summed E-state index contributed by atoms with van der Waals surface area (Å²) in [5.41, 5.74) is 9.70. The van der Waals surface area contributed by atoms with Crippen molar-refractivity contribution in [3.05, 3.63) is 71.3 Å². The van der Waals surface area contributed by atoms with Crippen molar-refractivity contribution in [1.29, 1.82) is 0 Å². The molecule has 1 unspecified atom stereocenters. The predicted molar refractivity (Wildman–Crippen MR) is 104 cm³/mol. The Bertz CT molecular complexity index is 724. The van der Waals surface area contributed by atoms with Crippen molar-refractivity contribution in [2.45, 2.75) is 37.6 Å². The number of carbonyl (C=O) groups excluding carboxylic acids is 1. The maximum atomic E-state index is 12.5. The number of ether oxygens (including phenoxy) is 1. The van der Waals surface area contributed by atoms with E-state index < -0.39 is 0 Å². The highest BCUT2D eigenvalue weighted by atomic mass is 16.5. The minimum absolute atomic E-state index is 0.000745. The van der Waals surface area contributed by atoms with E-state index in [0.717, 1.165) is 31.6 Å². The van der Waals surface area contributed by atoms with E-state index in [-0.39, 0.29) is 17.4 Å². The fourth-order valence-electron chi connectivity index (χ4n) is 3.83. The predicted octanol–water partition coefficient (Wildman–Crippen LogP) is 3.25. The van der Waals surface area contributed by atoms with Crippen LogP contribution in [0.3, 0.4) is 0 Å². The molecule has 0 saturated carbocycles. The number of hydrogen-bond donors (Lipinski definition) is 2. The normalized spacial score (nSPS) is 17.5. The molecule has 1 heterocycles. The summed E-state index contributed by atoms with van der Waals surface area (Å²) in [6, 6.07) is 18.0. The highest BCUT2D eigenvalue weighted by molar-refractivity contribution is 5.77. The summed E-state index contributed by atoms with van der Waals surface area (Å²) in [5.74, 6) is 0.000745. The molecule has 1 amide bonds. The zero-order valence-electron chi connectivity index (χ0n) is 15.4. The van der Waals surface area contributed by atoms with Crippen molar-refractivity contribution in [3.8, 4) is 0 Å². The van der Waals surface area contributed by atoms with Crippen LogP contribution in [0.4, 0.5) is 0 Å². The number of carbonyl (C=O) groups is 1. The average molecular weight is 352 g/mol.